The number of halogens is 1. The lowest BCUT2D eigenvalue weighted by atomic mass is 10.1. The third-order valence-corrected chi connectivity index (χ3v) is 4.05. The highest BCUT2D eigenvalue weighted by Crippen LogP contribution is 2.29. The summed E-state index contributed by atoms with van der Waals surface area (Å²) in [6.45, 7) is 3.34. The van der Waals surface area contributed by atoms with E-state index in [-0.39, 0.29) is 18.8 Å². The van der Waals surface area contributed by atoms with Crippen molar-refractivity contribution >= 4 is 32.7 Å². The number of nitrogens with zero attached hydrogens (tertiary/aromatic N) is 3. The van der Waals surface area contributed by atoms with Gasteiger partial charge in [0.25, 0.3) is 0 Å². The summed E-state index contributed by atoms with van der Waals surface area (Å²) < 4.78 is 6.58. The molecule has 6 heteroatoms. The number of hydrogen-bond acceptors (Lipinski definition) is 5. The summed E-state index contributed by atoms with van der Waals surface area (Å²) in [4.78, 5) is 10.9. The van der Waals surface area contributed by atoms with Gasteiger partial charge in [0, 0.05) is 16.4 Å². The van der Waals surface area contributed by atoms with Gasteiger partial charge < -0.3 is 14.7 Å². The smallest absolute Gasteiger partial charge is 0.140 e. The van der Waals surface area contributed by atoms with Gasteiger partial charge in [-0.2, -0.15) is 0 Å². The number of rotatable bonds is 2. The molecule has 1 aliphatic heterocycles. The minimum absolute atomic E-state index is 0.0237. The third-order valence-electron chi connectivity index (χ3n) is 3.56. The van der Waals surface area contributed by atoms with Gasteiger partial charge in [0.1, 0.15) is 12.1 Å². The zero-order valence-corrected chi connectivity index (χ0v) is 12.7. The maximum Gasteiger partial charge on any atom is 0.140 e. The zero-order valence-electron chi connectivity index (χ0n) is 11.2. The molecule has 0 bridgehead atoms. The second-order valence-electron chi connectivity index (χ2n) is 5.00. The van der Waals surface area contributed by atoms with Gasteiger partial charge in [-0.25, -0.2) is 9.97 Å². The van der Waals surface area contributed by atoms with Crippen LogP contribution in [0.4, 0.5) is 5.82 Å². The highest BCUT2D eigenvalue weighted by Gasteiger charge is 2.27. The van der Waals surface area contributed by atoms with Crippen LogP contribution in [0.2, 0.25) is 0 Å². The minimum atomic E-state index is -0.164. The first-order valence-electron chi connectivity index (χ1n) is 6.58. The Balaban J connectivity index is 2.06. The lowest BCUT2D eigenvalue weighted by Crippen LogP contribution is -2.50. The third kappa shape index (κ3) is 2.51. The Bertz CT molecular complexity index is 622. The summed E-state index contributed by atoms with van der Waals surface area (Å²) in [5, 5.41) is 10.3. The lowest BCUT2D eigenvalue weighted by molar-refractivity contribution is -0.0104. The van der Waals surface area contributed by atoms with Gasteiger partial charge in [0.15, 0.2) is 0 Å². The number of morpholine rings is 1. The second kappa shape index (κ2) is 5.63. The molecule has 2 aromatic rings. The summed E-state index contributed by atoms with van der Waals surface area (Å²) in [6.07, 6.45) is 1.42. The van der Waals surface area contributed by atoms with E-state index in [9.17, 15) is 5.11 Å². The second-order valence-corrected chi connectivity index (χ2v) is 5.91. The van der Waals surface area contributed by atoms with Crippen LogP contribution in [0.5, 0.6) is 0 Å². The quantitative estimate of drug-likeness (QED) is 0.907. The van der Waals surface area contributed by atoms with Crippen molar-refractivity contribution in [2.45, 2.75) is 19.1 Å². The fourth-order valence-electron chi connectivity index (χ4n) is 2.47. The van der Waals surface area contributed by atoms with Crippen LogP contribution in [0.25, 0.3) is 10.9 Å². The lowest BCUT2D eigenvalue weighted by Gasteiger charge is -2.38. The number of hydrogen-bond donors (Lipinski definition) is 1. The molecule has 1 saturated heterocycles. The fraction of sp³-hybridized carbons (Fsp3) is 0.429. The summed E-state index contributed by atoms with van der Waals surface area (Å²) in [5.74, 6) is 0.894. The molecule has 1 N–H and O–H groups in total. The Kier molecular flexibility index (Phi) is 3.87. The Morgan fingerprint density at radius 2 is 2.30 bits per heavy atom. The van der Waals surface area contributed by atoms with Crippen molar-refractivity contribution in [2.24, 2.45) is 0 Å². The van der Waals surface area contributed by atoms with Crippen LogP contribution in [-0.4, -0.2) is 47.0 Å². The minimum Gasteiger partial charge on any atom is -0.394 e. The molecule has 3 rings (SSSR count). The Morgan fingerprint density at radius 1 is 1.45 bits per heavy atom. The van der Waals surface area contributed by atoms with Crippen LogP contribution in [0.15, 0.2) is 29.0 Å². The molecule has 0 amide bonds. The number of fused-ring (bicyclic) bond motifs is 1. The predicted octanol–water partition coefficient (Wildman–Crippen LogP) is 1.98. The van der Waals surface area contributed by atoms with Gasteiger partial charge in [-0.15, -0.1) is 0 Å². The van der Waals surface area contributed by atoms with Crippen molar-refractivity contribution in [3.63, 3.8) is 0 Å². The van der Waals surface area contributed by atoms with Crippen molar-refractivity contribution < 1.29 is 9.84 Å². The van der Waals surface area contributed by atoms with Crippen molar-refractivity contribution in [3.8, 4) is 0 Å². The number of aliphatic hydroxyl groups is 1. The van der Waals surface area contributed by atoms with E-state index in [2.05, 4.69) is 37.7 Å². The van der Waals surface area contributed by atoms with Crippen LogP contribution in [-0.2, 0) is 4.74 Å². The molecule has 20 heavy (non-hydrogen) atoms. The molecule has 0 unspecified atom stereocenters. The van der Waals surface area contributed by atoms with Gasteiger partial charge in [-0.3, -0.25) is 0 Å². The molecule has 2 atom stereocenters. The van der Waals surface area contributed by atoms with E-state index in [4.69, 9.17) is 4.74 Å². The Hall–Kier alpha value is -1.24. The van der Waals surface area contributed by atoms with Gasteiger partial charge in [0.05, 0.1) is 30.9 Å². The van der Waals surface area contributed by atoms with Crippen molar-refractivity contribution in [3.05, 3.63) is 29.0 Å². The van der Waals surface area contributed by atoms with Crippen LogP contribution in [0.1, 0.15) is 6.92 Å². The summed E-state index contributed by atoms with van der Waals surface area (Å²) >= 11 is 3.49. The van der Waals surface area contributed by atoms with Crippen LogP contribution in [0.3, 0.4) is 0 Å². The number of anilines is 1. The van der Waals surface area contributed by atoms with Gasteiger partial charge >= 0.3 is 0 Å². The molecule has 5 nitrogen and oxygen atoms in total. The van der Waals surface area contributed by atoms with Crippen LogP contribution in [0, 0.1) is 0 Å². The van der Waals surface area contributed by atoms with E-state index >= 15 is 0 Å². The molecule has 1 aromatic carbocycles. The van der Waals surface area contributed by atoms with Crippen molar-refractivity contribution in [1.82, 2.24) is 9.97 Å². The van der Waals surface area contributed by atoms with Gasteiger partial charge in [0.2, 0.25) is 0 Å². The SMILES string of the molecule is C[C@H]1CO[C@@H](CO)CN1c1ncnc2ccc(Br)cc12. The van der Waals surface area contributed by atoms with Crippen LogP contribution >= 0.6 is 15.9 Å². The maximum absolute atomic E-state index is 9.31. The van der Waals surface area contributed by atoms with E-state index in [0.717, 1.165) is 21.2 Å². The average molecular weight is 338 g/mol. The number of aromatic nitrogens is 2. The largest absolute Gasteiger partial charge is 0.394 e. The molecule has 1 aliphatic rings. The highest BCUT2D eigenvalue weighted by molar-refractivity contribution is 9.10. The average Bonchev–Trinajstić information content (AvgIpc) is 2.47. The maximum atomic E-state index is 9.31. The normalized spacial score (nSPS) is 23.2. The first-order valence-corrected chi connectivity index (χ1v) is 7.37. The standard InChI is InChI=1S/C14H16BrN3O2/c1-9-7-20-11(6-19)5-18(9)14-12-4-10(15)2-3-13(12)16-8-17-14/h2-4,8-9,11,19H,5-7H2,1H3/t9-,11+/m0/s1. The summed E-state index contributed by atoms with van der Waals surface area (Å²) in [6, 6.07) is 6.19. The molecule has 2 heterocycles. The first-order chi connectivity index (χ1) is 9.69. The van der Waals surface area contributed by atoms with Crippen molar-refractivity contribution in [1.29, 1.82) is 0 Å². The van der Waals surface area contributed by atoms with E-state index in [1.807, 2.05) is 18.2 Å². The fourth-order valence-corrected chi connectivity index (χ4v) is 2.83. The molecule has 0 spiro atoms. The monoisotopic (exact) mass is 337 g/mol. The van der Waals surface area contributed by atoms with Crippen molar-refractivity contribution in [2.75, 3.05) is 24.7 Å². The van der Waals surface area contributed by atoms with Gasteiger partial charge in [-0.05, 0) is 25.1 Å². The number of ether oxygens (including phenoxy) is 1. The molecule has 0 aliphatic carbocycles. The zero-order chi connectivity index (χ0) is 14.1. The molecular formula is C14H16BrN3O2. The van der Waals surface area contributed by atoms with E-state index in [0.29, 0.717) is 13.2 Å². The van der Waals surface area contributed by atoms with Crippen LogP contribution < -0.4 is 4.90 Å². The number of aliphatic hydroxyl groups excluding tert-OH is 1. The number of benzene rings is 1. The van der Waals surface area contributed by atoms with E-state index in [1.54, 1.807) is 6.33 Å². The van der Waals surface area contributed by atoms with E-state index in [1.165, 1.54) is 0 Å². The molecule has 106 valence electrons. The molecule has 0 saturated carbocycles. The van der Waals surface area contributed by atoms with E-state index < -0.39 is 0 Å². The molecular weight excluding hydrogens is 322 g/mol. The molecule has 0 radical (unpaired) electrons. The molecule has 1 aromatic heterocycles. The predicted molar refractivity (Wildman–Crippen MR) is 80.9 cm³/mol. The topological polar surface area (TPSA) is 58.5 Å². The Labute approximate surface area is 125 Å². The highest BCUT2D eigenvalue weighted by atomic mass is 79.9. The Morgan fingerprint density at radius 3 is 3.10 bits per heavy atom. The molecule has 1 fully saturated rings. The van der Waals surface area contributed by atoms with Gasteiger partial charge in [-0.1, -0.05) is 15.9 Å². The summed E-state index contributed by atoms with van der Waals surface area (Å²) in [5.41, 5.74) is 0.914. The summed E-state index contributed by atoms with van der Waals surface area (Å²) in [7, 11) is 0. The first kappa shape index (κ1) is 13.7.